The molecular formula is C21H23N3O3S. The van der Waals surface area contributed by atoms with Crippen LogP contribution in [0.15, 0.2) is 40.2 Å². The van der Waals surface area contributed by atoms with Gasteiger partial charge in [0.2, 0.25) is 0 Å². The molecule has 7 heteroatoms. The molecular weight excluding hydrogens is 374 g/mol. The normalized spacial score (nSPS) is 17.1. The van der Waals surface area contributed by atoms with E-state index in [4.69, 9.17) is 5.11 Å². The molecule has 0 atom stereocenters. The van der Waals surface area contributed by atoms with Crippen LogP contribution in [0.4, 0.5) is 0 Å². The van der Waals surface area contributed by atoms with Gasteiger partial charge in [-0.05, 0) is 81.4 Å². The van der Waals surface area contributed by atoms with E-state index in [1.165, 1.54) is 11.8 Å². The van der Waals surface area contributed by atoms with E-state index >= 15 is 0 Å². The maximum atomic E-state index is 12.7. The molecule has 0 radical (unpaired) electrons. The van der Waals surface area contributed by atoms with Gasteiger partial charge in [0.25, 0.3) is 5.91 Å². The predicted molar refractivity (Wildman–Crippen MR) is 113 cm³/mol. The van der Waals surface area contributed by atoms with Crippen molar-refractivity contribution in [1.29, 1.82) is 0 Å². The number of benzene rings is 1. The topological polar surface area (TPSA) is 74.9 Å². The summed E-state index contributed by atoms with van der Waals surface area (Å²) in [7, 11) is 0. The van der Waals surface area contributed by atoms with Gasteiger partial charge in [0.15, 0.2) is 5.17 Å². The molecule has 0 spiro atoms. The van der Waals surface area contributed by atoms with Crippen LogP contribution in [0.1, 0.15) is 41.2 Å². The maximum absolute atomic E-state index is 12.7. The van der Waals surface area contributed by atoms with Crippen molar-refractivity contribution >= 4 is 34.9 Å². The molecule has 6 nitrogen and oxygen atoms in total. The van der Waals surface area contributed by atoms with Crippen LogP contribution in [0.25, 0.3) is 11.8 Å². The molecule has 2 heterocycles. The Bertz CT molecular complexity index is 987. The van der Waals surface area contributed by atoms with E-state index < -0.39 is 5.97 Å². The number of hydrogen-bond donors (Lipinski definition) is 1. The third kappa shape index (κ3) is 3.62. The number of carbonyl (C=O) groups is 2. The van der Waals surface area contributed by atoms with Gasteiger partial charge in [-0.25, -0.2) is 4.79 Å². The molecule has 0 saturated carbocycles. The Balaban J connectivity index is 1.98. The number of aromatic nitrogens is 1. The molecule has 0 unspecified atom stereocenters. The maximum Gasteiger partial charge on any atom is 0.335 e. The van der Waals surface area contributed by atoms with Crippen LogP contribution in [-0.4, -0.2) is 44.7 Å². The summed E-state index contributed by atoms with van der Waals surface area (Å²) in [6.45, 7) is 9.12. The van der Waals surface area contributed by atoms with Gasteiger partial charge in [-0.1, -0.05) is 0 Å². The number of aryl methyl sites for hydroxylation is 1. The second kappa shape index (κ2) is 8.06. The molecule has 1 aliphatic rings. The highest BCUT2D eigenvalue weighted by Gasteiger charge is 2.32. The first-order chi connectivity index (χ1) is 13.4. The Morgan fingerprint density at radius 3 is 2.46 bits per heavy atom. The summed E-state index contributed by atoms with van der Waals surface area (Å²) in [5, 5.41) is 9.83. The molecule has 1 aliphatic heterocycles. The molecule has 1 saturated heterocycles. The average molecular weight is 398 g/mol. The Kier molecular flexibility index (Phi) is 5.74. The van der Waals surface area contributed by atoms with E-state index in [1.807, 2.05) is 39.8 Å². The summed E-state index contributed by atoms with van der Waals surface area (Å²) < 4.78 is 2.06. The van der Waals surface area contributed by atoms with Crippen molar-refractivity contribution in [2.24, 2.45) is 4.99 Å². The van der Waals surface area contributed by atoms with Gasteiger partial charge in [-0.2, -0.15) is 0 Å². The number of likely N-dealkylation sites (N-methyl/N-ethyl adjacent to an activating group) is 1. The SMILES string of the molecule is CCN=C1S/C(=C\c2cc(C)n(-c3ccc(C(=O)O)cc3)c2C)C(=O)N1CC. The highest BCUT2D eigenvalue weighted by atomic mass is 32.2. The molecule has 3 rings (SSSR count). The summed E-state index contributed by atoms with van der Waals surface area (Å²) in [4.78, 5) is 30.6. The fourth-order valence-corrected chi connectivity index (χ4v) is 4.36. The van der Waals surface area contributed by atoms with Crippen LogP contribution in [0, 0.1) is 13.8 Å². The number of thioether (sulfide) groups is 1. The Labute approximate surface area is 168 Å². The van der Waals surface area contributed by atoms with Gasteiger partial charge >= 0.3 is 5.97 Å². The van der Waals surface area contributed by atoms with Crippen LogP contribution in [0.5, 0.6) is 0 Å². The third-order valence-corrected chi connectivity index (χ3v) is 5.67. The number of amidine groups is 1. The second-order valence-electron chi connectivity index (χ2n) is 6.43. The first-order valence-electron chi connectivity index (χ1n) is 9.15. The lowest BCUT2D eigenvalue weighted by molar-refractivity contribution is -0.122. The van der Waals surface area contributed by atoms with Gasteiger partial charge in [0.05, 0.1) is 10.5 Å². The van der Waals surface area contributed by atoms with Crippen LogP contribution in [-0.2, 0) is 4.79 Å². The van der Waals surface area contributed by atoms with E-state index in [-0.39, 0.29) is 11.5 Å². The molecule has 2 aromatic rings. The van der Waals surface area contributed by atoms with Crippen molar-refractivity contribution in [3.05, 3.63) is 57.8 Å². The molecule has 28 heavy (non-hydrogen) atoms. The van der Waals surface area contributed by atoms with Gasteiger partial charge in [-0.15, -0.1) is 0 Å². The van der Waals surface area contributed by atoms with E-state index in [0.717, 1.165) is 27.8 Å². The van der Waals surface area contributed by atoms with Gasteiger partial charge in [0, 0.05) is 30.2 Å². The van der Waals surface area contributed by atoms with Crippen molar-refractivity contribution < 1.29 is 14.7 Å². The fourth-order valence-electron chi connectivity index (χ4n) is 3.27. The summed E-state index contributed by atoms with van der Waals surface area (Å²) in [5.74, 6) is -0.963. The number of carbonyl (C=O) groups excluding carboxylic acids is 1. The van der Waals surface area contributed by atoms with Crippen molar-refractivity contribution in [2.45, 2.75) is 27.7 Å². The Hall–Kier alpha value is -2.80. The van der Waals surface area contributed by atoms with Gasteiger partial charge in [0.1, 0.15) is 0 Å². The van der Waals surface area contributed by atoms with Gasteiger partial charge in [-0.3, -0.25) is 14.7 Å². The van der Waals surface area contributed by atoms with Crippen molar-refractivity contribution in [2.75, 3.05) is 13.1 Å². The highest BCUT2D eigenvalue weighted by Crippen LogP contribution is 2.33. The third-order valence-electron chi connectivity index (χ3n) is 4.63. The molecule has 1 amide bonds. The molecule has 1 fully saturated rings. The second-order valence-corrected chi connectivity index (χ2v) is 7.44. The molecule has 1 N–H and O–H groups in total. The van der Waals surface area contributed by atoms with E-state index in [0.29, 0.717) is 18.0 Å². The zero-order chi connectivity index (χ0) is 20.4. The summed E-state index contributed by atoms with van der Waals surface area (Å²) >= 11 is 1.41. The first-order valence-corrected chi connectivity index (χ1v) is 9.97. The first kappa shape index (κ1) is 19.9. The smallest absolute Gasteiger partial charge is 0.335 e. The molecule has 146 valence electrons. The van der Waals surface area contributed by atoms with Crippen molar-refractivity contribution in [3.8, 4) is 5.69 Å². The van der Waals surface area contributed by atoms with Crippen molar-refractivity contribution in [3.63, 3.8) is 0 Å². The summed E-state index contributed by atoms with van der Waals surface area (Å²) in [6.07, 6.45) is 1.91. The number of carboxylic acid groups (broad SMARTS) is 1. The molecule has 1 aromatic heterocycles. The number of amides is 1. The van der Waals surface area contributed by atoms with Crippen LogP contribution in [0.3, 0.4) is 0 Å². The number of carboxylic acids is 1. The molecule has 1 aromatic carbocycles. The zero-order valence-electron chi connectivity index (χ0n) is 16.4. The molecule has 0 bridgehead atoms. The average Bonchev–Trinajstić information content (AvgIpc) is 3.11. The minimum atomic E-state index is -0.945. The lowest BCUT2D eigenvalue weighted by Gasteiger charge is -2.11. The summed E-state index contributed by atoms with van der Waals surface area (Å²) in [5.41, 5.74) is 4.11. The van der Waals surface area contributed by atoms with Crippen LogP contribution >= 0.6 is 11.8 Å². The monoisotopic (exact) mass is 397 g/mol. The number of hydrogen-bond acceptors (Lipinski definition) is 4. The highest BCUT2D eigenvalue weighted by molar-refractivity contribution is 8.18. The number of nitrogens with zero attached hydrogens (tertiary/aromatic N) is 3. The van der Waals surface area contributed by atoms with E-state index in [1.54, 1.807) is 29.2 Å². The van der Waals surface area contributed by atoms with Crippen LogP contribution in [0.2, 0.25) is 0 Å². The number of aromatic carboxylic acids is 1. The van der Waals surface area contributed by atoms with Gasteiger partial charge < -0.3 is 9.67 Å². The van der Waals surface area contributed by atoms with Crippen molar-refractivity contribution in [1.82, 2.24) is 9.47 Å². The fraction of sp³-hybridized carbons (Fsp3) is 0.286. The van der Waals surface area contributed by atoms with E-state index in [2.05, 4.69) is 9.56 Å². The lowest BCUT2D eigenvalue weighted by Crippen LogP contribution is -2.28. The largest absolute Gasteiger partial charge is 0.478 e. The number of aliphatic imine (C=N–C) groups is 1. The minimum Gasteiger partial charge on any atom is -0.478 e. The predicted octanol–water partition coefficient (Wildman–Crippen LogP) is 4.10. The van der Waals surface area contributed by atoms with Crippen LogP contribution < -0.4 is 0 Å². The molecule has 0 aliphatic carbocycles. The lowest BCUT2D eigenvalue weighted by atomic mass is 10.2. The minimum absolute atomic E-state index is 0.0182. The zero-order valence-corrected chi connectivity index (χ0v) is 17.2. The summed E-state index contributed by atoms with van der Waals surface area (Å²) in [6, 6.07) is 8.81. The Morgan fingerprint density at radius 2 is 1.89 bits per heavy atom. The standard InChI is InChI=1S/C21H23N3O3S/c1-5-22-21-23(6-2)19(25)18(28-21)12-16-11-13(3)24(14(16)4)17-9-7-15(8-10-17)20(26)27/h7-12H,5-6H2,1-4H3,(H,26,27)/b18-12-,22-21?. The number of rotatable bonds is 5. The Morgan fingerprint density at radius 1 is 1.21 bits per heavy atom. The van der Waals surface area contributed by atoms with E-state index in [9.17, 15) is 9.59 Å². The quantitative estimate of drug-likeness (QED) is 0.771.